The fourth-order valence-electron chi connectivity index (χ4n) is 3.96. The Labute approximate surface area is 205 Å². The molecule has 6 nitrogen and oxygen atoms in total. The zero-order chi connectivity index (χ0) is 25.0. The molecule has 1 unspecified atom stereocenters. The molecule has 9 heteroatoms. The fraction of sp³-hybridized carbons (Fsp3) is 0.231. The van der Waals surface area contributed by atoms with Crippen LogP contribution >= 0.6 is 11.6 Å². The van der Waals surface area contributed by atoms with E-state index in [9.17, 15) is 23.6 Å². The minimum absolute atomic E-state index is 0.107. The lowest BCUT2D eigenvalue weighted by Crippen LogP contribution is -2.53. The first-order chi connectivity index (χ1) is 16.8. The zero-order valence-electron chi connectivity index (χ0n) is 18.5. The Morgan fingerprint density at radius 2 is 1.97 bits per heavy atom. The van der Waals surface area contributed by atoms with Gasteiger partial charge >= 0.3 is 0 Å². The zero-order valence-corrected chi connectivity index (χ0v) is 19.3. The lowest BCUT2D eigenvalue weighted by atomic mass is 10.00. The van der Waals surface area contributed by atoms with Crippen molar-refractivity contribution in [1.29, 1.82) is 5.26 Å². The number of nitrogens with one attached hydrogen (secondary N) is 1. The number of amides is 2. The van der Waals surface area contributed by atoms with Crippen molar-refractivity contribution in [3.05, 3.63) is 76.6 Å². The van der Waals surface area contributed by atoms with Crippen molar-refractivity contribution in [3.8, 4) is 6.07 Å². The number of likely N-dealkylation sites (tertiary alicyclic amines) is 1. The number of halogens is 3. The van der Waals surface area contributed by atoms with Gasteiger partial charge in [0, 0.05) is 35.0 Å². The van der Waals surface area contributed by atoms with Crippen LogP contribution in [0.1, 0.15) is 34.3 Å². The molecule has 0 saturated carbocycles. The van der Waals surface area contributed by atoms with E-state index in [1.54, 1.807) is 6.08 Å². The standard InChI is InChI=1S/C26H21ClF2N4O2/c27-21-6-5-18-11-17(1-3-19(18)12-21)2-4-20-14-31-10-8-23(20)25(35)32-15-24(34)33-16-26(28,29)9-7-22(33)13-30/h1-6,8,10-12,14,22H,7,9,15-16H2,(H,32,35)/b4-2+. The first kappa shape index (κ1) is 24.3. The second-order valence-corrected chi connectivity index (χ2v) is 8.73. The van der Waals surface area contributed by atoms with E-state index in [-0.39, 0.29) is 12.0 Å². The molecule has 0 aliphatic carbocycles. The molecule has 1 aliphatic heterocycles. The van der Waals surface area contributed by atoms with Gasteiger partial charge in [-0.15, -0.1) is 0 Å². The van der Waals surface area contributed by atoms with Crippen LogP contribution in [-0.4, -0.2) is 46.8 Å². The summed E-state index contributed by atoms with van der Waals surface area (Å²) in [7, 11) is 0. The summed E-state index contributed by atoms with van der Waals surface area (Å²) in [6.07, 6.45) is 5.98. The summed E-state index contributed by atoms with van der Waals surface area (Å²) >= 11 is 6.03. The van der Waals surface area contributed by atoms with Gasteiger partial charge < -0.3 is 10.2 Å². The Kier molecular flexibility index (Phi) is 7.08. The van der Waals surface area contributed by atoms with Gasteiger partial charge in [-0.05, 0) is 47.0 Å². The Morgan fingerprint density at radius 1 is 1.20 bits per heavy atom. The highest BCUT2D eigenvalue weighted by molar-refractivity contribution is 6.31. The fourth-order valence-corrected chi connectivity index (χ4v) is 4.14. The average Bonchev–Trinajstić information content (AvgIpc) is 2.85. The maximum atomic E-state index is 13.8. The molecule has 2 amide bonds. The van der Waals surface area contributed by atoms with Gasteiger partial charge in [-0.3, -0.25) is 14.6 Å². The Balaban J connectivity index is 1.46. The third kappa shape index (κ3) is 5.81. The maximum absolute atomic E-state index is 13.8. The summed E-state index contributed by atoms with van der Waals surface area (Å²) in [4.78, 5) is 30.2. The van der Waals surface area contributed by atoms with E-state index in [2.05, 4.69) is 10.3 Å². The predicted octanol–water partition coefficient (Wildman–Crippen LogP) is 4.94. The summed E-state index contributed by atoms with van der Waals surface area (Å²) in [6, 6.07) is 13.9. The molecule has 35 heavy (non-hydrogen) atoms. The molecule has 2 aromatic carbocycles. The normalized spacial score (nSPS) is 17.3. The van der Waals surface area contributed by atoms with Gasteiger partial charge in [0.05, 0.1) is 19.2 Å². The second-order valence-electron chi connectivity index (χ2n) is 8.29. The van der Waals surface area contributed by atoms with Gasteiger partial charge in [-0.1, -0.05) is 42.0 Å². The van der Waals surface area contributed by atoms with Gasteiger partial charge in [0.25, 0.3) is 11.8 Å². The number of hydrogen-bond donors (Lipinski definition) is 1. The molecule has 0 bridgehead atoms. The Bertz CT molecular complexity index is 1350. The smallest absolute Gasteiger partial charge is 0.265 e. The molecule has 4 rings (SSSR count). The van der Waals surface area contributed by atoms with E-state index in [0.29, 0.717) is 10.6 Å². The summed E-state index contributed by atoms with van der Waals surface area (Å²) in [6.45, 7) is -1.33. The predicted molar refractivity (Wildman–Crippen MR) is 130 cm³/mol. The Hall–Kier alpha value is -3.83. The molecule has 1 N–H and O–H groups in total. The molecule has 178 valence electrons. The van der Waals surface area contributed by atoms with Crippen molar-refractivity contribution in [2.75, 3.05) is 13.1 Å². The van der Waals surface area contributed by atoms with Crippen molar-refractivity contribution in [2.45, 2.75) is 24.8 Å². The molecule has 0 radical (unpaired) electrons. The van der Waals surface area contributed by atoms with E-state index in [1.807, 2.05) is 48.5 Å². The number of benzene rings is 2. The number of aromatic nitrogens is 1. The molecule has 2 heterocycles. The van der Waals surface area contributed by atoms with Crippen LogP contribution in [0.5, 0.6) is 0 Å². The van der Waals surface area contributed by atoms with E-state index >= 15 is 0 Å². The van der Waals surface area contributed by atoms with Crippen molar-refractivity contribution < 1.29 is 18.4 Å². The van der Waals surface area contributed by atoms with Crippen molar-refractivity contribution in [3.63, 3.8) is 0 Å². The van der Waals surface area contributed by atoms with E-state index in [0.717, 1.165) is 21.2 Å². The highest BCUT2D eigenvalue weighted by Gasteiger charge is 2.42. The van der Waals surface area contributed by atoms with Crippen molar-refractivity contribution in [1.82, 2.24) is 15.2 Å². The molecule has 1 aromatic heterocycles. The first-order valence-corrected chi connectivity index (χ1v) is 11.3. The van der Waals surface area contributed by atoms with Crippen LogP contribution in [0.25, 0.3) is 22.9 Å². The van der Waals surface area contributed by atoms with Crippen LogP contribution in [0.3, 0.4) is 0 Å². The summed E-state index contributed by atoms with van der Waals surface area (Å²) in [5.41, 5.74) is 1.70. The molecule has 0 spiro atoms. The number of rotatable bonds is 5. The van der Waals surface area contributed by atoms with Crippen molar-refractivity contribution >= 4 is 46.3 Å². The summed E-state index contributed by atoms with van der Waals surface area (Å²) in [5, 5.41) is 14.3. The number of alkyl halides is 2. The largest absolute Gasteiger partial charge is 0.343 e. The van der Waals surface area contributed by atoms with Crippen molar-refractivity contribution in [2.24, 2.45) is 0 Å². The lowest BCUT2D eigenvalue weighted by Gasteiger charge is -2.36. The number of hydrogen-bond acceptors (Lipinski definition) is 4. The molecule has 1 fully saturated rings. The lowest BCUT2D eigenvalue weighted by molar-refractivity contribution is -0.143. The van der Waals surface area contributed by atoms with Gasteiger partial charge in [0.15, 0.2) is 0 Å². The number of nitrogens with zero attached hydrogens (tertiary/aromatic N) is 3. The summed E-state index contributed by atoms with van der Waals surface area (Å²) in [5.74, 6) is -4.33. The minimum atomic E-state index is -3.05. The van der Waals surface area contributed by atoms with Crippen LogP contribution < -0.4 is 5.32 Å². The van der Waals surface area contributed by atoms with E-state index < -0.39 is 43.3 Å². The third-order valence-corrected chi connectivity index (χ3v) is 6.04. The summed E-state index contributed by atoms with van der Waals surface area (Å²) < 4.78 is 27.5. The third-order valence-electron chi connectivity index (χ3n) is 5.81. The number of piperidine rings is 1. The Morgan fingerprint density at radius 3 is 2.77 bits per heavy atom. The van der Waals surface area contributed by atoms with Gasteiger partial charge in [-0.25, -0.2) is 8.78 Å². The molecule has 1 aliphatic rings. The van der Waals surface area contributed by atoms with Crippen LogP contribution in [0.4, 0.5) is 8.78 Å². The van der Waals surface area contributed by atoms with Crippen LogP contribution in [-0.2, 0) is 4.79 Å². The highest BCUT2D eigenvalue weighted by Crippen LogP contribution is 2.30. The number of pyridine rings is 1. The highest BCUT2D eigenvalue weighted by atomic mass is 35.5. The average molecular weight is 495 g/mol. The molecular weight excluding hydrogens is 474 g/mol. The quantitative estimate of drug-likeness (QED) is 0.544. The first-order valence-electron chi connectivity index (χ1n) is 10.9. The topological polar surface area (TPSA) is 86.1 Å². The van der Waals surface area contributed by atoms with Gasteiger partial charge in [0.2, 0.25) is 5.91 Å². The molecule has 1 saturated heterocycles. The molecule has 3 aromatic rings. The second kappa shape index (κ2) is 10.2. The molecular formula is C26H21ClF2N4O2. The van der Waals surface area contributed by atoms with E-state index in [1.165, 1.54) is 18.5 Å². The maximum Gasteiger partial charge on any atom is 0.265 e. The van der Waals surface area contributed by atoms with Gasteiger partial charge in [-0.2, -0.15) is 5.26 Å². The SMILES string of the molecule is N#CC1CCC(F)(F)CN1C(=O)CNC(=O)c1ccncc1/C=C/c1ccc2cc(Cl)ccc2c1. The van der Waals surface area contributed by atoms with Crippen LogP contribution in [0.15, 0.2) is 54.9 Å². The molecule has 1 atom stereocenters. The monoisotopic (exact) mass is 494 g/mol. The number of carbonyl (C=O) groups is 2. The van der Waals surface area contributed by atoms with Crippen LogP contribution in [0.2, 0.25) is 5.02 Å². The van der Waals surface area contributed by atoms with Crippen LogP contribution in [0, 0.1) is 11.3 Å². The number of carbonyl (C=O) groups excluding carboxylic acids is 2. The van der Waals surface area contributed by atoms with E-state index in [4.69, 9.17) is 11.6 Å². The number of fused-ring (bicyclic) bond motifs is 1. The van der Waals surface area contributed by atoms with Gasteiger partial charge in [0.1, 0.15) is 6.04 Å². The number of nitriles is 1. The minimum Gasteiger partial charge on any atom is -0.343 e.